The van der Waals surface area contributed by atoms with Gasteiger partial charge in [-0.1, -0.05) is 12.8 Å². The number of nitrogens with one attached hydrogen (secondary N) is 1. The maximum atomic E-state index is 13.3. The second-order valence-electron chi connectivity index (χ2n) is 9.55. The second kappa shape index (κ2) is 11.3. The van der Waals surface area contributed by atoms with E-state index in [4.69, 9.17) is 10.2 Å². The normalized spacial score (nSPS) is 24.4. The van der Waals surface area contributed by atoms with Crippen LogP contribution in [-0.4, -0.2) is 42.6 Å². The quantitative estimate of drug-likeness (QED) is 0.298. The first-order valence-corrected chi connectivity index (χ1v) is 12.3. The van der Waals surface area contributed by atoms with E-state index in [1.165, 1.54) is 19.3 Å². The standard InChI is InChI=1S/C26H34N6O2/c1-18-11-22-13-23(8-9-24(22)34-18)31-26(30-17-28)29-15-21-7-2-3-10-32(25(21)33)16-20-6-4-5-19(12-20)14-27/h8-9,11,13,15,19-21H,2-7,10,12,14,16,27H2,1H3,(H,30,31)/b29-15+/t19?,20-,21?/m1/s1. The molecule has 1 aromatic carbocycles. The summed E-state index contributed by atoms with van der Waals surface area (Å²) in [6, 6.07) is 7.49. The number of carbonyl (C=O) groups excluding carboxylic acids is 1. The van der Waals surface area contributed by atoms with Gasteiger partial charge >= 0.3 is 0 Å². The first kappa shape index (κ1) is 24.0. The van der Waals surface area contributed by atoms with E-state index in [1.807, 2.05) is 42.3 Å². The fourth-order valence-electron chi connectivity index (χ4n) is 5.20. The van der Waals surface area contributed by atoms with Crippen LogP contribution in [0.5, 0.6) is 0 Å². The van der Waals surface area contributed by atoms with Crippen LogP contribution in [-0.2, 0) is 4.79 Å². The second-order valence-corrected chi connectivity index (χ2v) is 9.55. The number of guanidine groups is 1. The van der Waals surface area contributed by atoms with Crippen molar-refractivity contribution < 1.29 is 9.21 Å². The molecule has 0 radical (unpaired) electrons. The molecule has 2 aromatic rings. The smallest absolute Gasteiger partial charge is 0.236 e. The Morgan fingerprint density at radius 1 is 1.26 bits per heavy atom. The summed E-state index contributed by atoms with van der Waals surface area (Å²) in [6.07, 6.45) is 11.0. The largest absolute Gasteiger partial charge is 0.461 e. The minimum absolute atomic E-state index is 0.128. The summed E-state index contributed by atoms with van der Waals surface area (Å²) in [6.45, 7) is 4.24. The minimum Gasteiger partial charge on any atom is -0.461 e. The molecule has 2 fully saturated rings. The molecule has 0 bridgehead atoms. The lowest BCUT2D eigenvalue weighted by Gasteiger charge is -2.33. The van der Waals surface area contributed by atoms with Crippen molar-refractivity contribution in [3.63, 3.8) is 0 Å². The highest BCUT2D eigenvalue weighted by molar-refractivity contribution is 5.99. The molecule has 3 atom stereocenters. The molecule has 2 aliphatic rings. The zero-order valence-corrected chi connectivity index (χ0v) is 19.9. The van der Waals surface area contributed by atoms with Crippen LogP contribution in [0.15, 0.2) is 38.7 Å². The summed E-state index contributed by atoms with van der Waals surface area (Å²) in [4.78, 5) is 24.2. The highest BCUT2D eigenvalue weighted by Crippen LogP contribution is 2.30. The van der Waals surface area contributed by atoms with Crippen molar-refractivity contribution in [1.82, 2.24) is 10.2 Å². The maximum absolute atomic E-state index is 13.3. The van der Waals surface area contributed by atoms with Gasteiger partial charge in [-0.05, 0) is 81.7 Å². The Labute approximate surface area is 200 Å². The number of furan rings is 1. The third-order valence-corrected chi connectivity index (χ3v) is 6.93. The summed E-state index contributed by atoms with van der Waals surface area (Å²) in [5, 5.41) is 12.7. The summed E-state index contributed by atoms with van der Waals surface area (Å²) >= 11 is 0. The van der Waals surface area contributed by atoms with Crippen molar-refractivity contribution in [2.24, 2.45) is 33.5 Å². The van der Waals surface area contributed by atoms with Gasteiger partial charge in [0.25, 0.3) is 0 Å². The minimum atomic E-state index is -0.305. The first-order valence-electron chi connectivity index (χ1n) is 12.3. The van der Waals surface area contributed by atoms with E-state index in [0.717, 1.165) is 62.0 Å². The molecule has 180 valence electrons. The molecule has 1 aliphatic heterocycles. The Morgan fingerprint density at radius 2 is 2.12 bits per heavy atom. The van der Waals surface area contributed by atoms with Crippen molar-refractivity contribution in [2.75, 3.05) is 19.6 Å². The predicted molar refractivity (Wildman–Crippen MR) is 134 cm³/mol. The number of benzene rings is 1. The Balaban J connectivity index is 1.46. The van der Waals surface area contributed by atoms with Gasteiger partial charge in [-0.2, -0.15) is 5.26 Å². The molecule has 1 aromatic heterocycles. The molecule has 8 nitrogen and oxygen atoms in total. The summed E-state index contributed by atoms with van der Waals surface area (Å²) in [5.74, 6) is 1.93. The van der Waals surface area contributed by atoms with Crippen molar-refractivity contribution in [3.8, 4) is 6.19 Å². The molecule has 1 saturated heterocycles. The van der Waals surface area contributed by atoms with Gasteiger partial charge in [0.1, 0.15) is 11.3 Å². The fraction of sp³-hybridized carbons (Fsp3) is 0.538. The van der Waals surface area contributed by atoms with Crippen molar-refractivity contribution >= 4 is 34.7 Å². The van der Waals surface area contributed by atoms with Gasteiger partial charge in [0.05, 0.1) is 11.6 Å². The number of carbonyl (C=O) groups is 1. The van der Waals surface area contributed by atoms with E-state index in [1.54, 1.807) is 6.21 Å². The Morgan fingerprint density at radius 3 is 2.94 bits per heavy atom. The average Bonchev–Trinajstić information content (AvgIpc) is 3.12. The molecular weight excluding hydrogens is 428 g/mol. The number of rotatable bonds is 5. The van der Waals surface area contributed by atoms with Crippen LogP contribution in [0.25, 0.3) is 11.0 Å². The fourth-order valence-corrected chi connectivity index (χ4v) is 5.20. The van der Waals surface area contributed by atoms with Crippen molar-refractivity contribution in [2.45, 2.75) is 51.9 Å². The number of nitrogens with zero attached hydrogens (tertiary/aromatic N) is 4. The predicted octanol–water partition coefficient (Wildman–Crippen LogP) is 4.26. The number of nitrogens with two attached hydrogens (primary N) is 1. The third-order valence-electron chi connectivity index (χ3n) is 6.93. The first-order chi connectivity index (χ1) is 16.6. The SMILES string of the molecule is Cc1cc2cc(N=C(/N=C/C3CCCCN(C[C@@H]4CCCC(CN)C4)C3=O)NC#N)ccc2o1. The van der Waals surface area contributed by atoms with Crippen molar-refractivity contribution in [1.29, 1.82) is 5.26 Å². The average molecular weight is 463 g/mol. The molecule has 2 unspecified atom stereocenters. The van der Waals surface area contributed by atoms with Gasteiger partial charge in [0.2, 0.25) is 11.9 Å². The van der Waals surface area contributed by atoms with E-state index in [-0.39, 0.29) is 17.8 Å². The van der Waals surface area contributed by atoms with Crippen LogP contribution in [0.3, 0.4) is 0 Å². The number of hydrogen-bond acceptors (Lipinski definition) is 5. The van der Waals surface area contributed by atoms with E-state index in [0.29, 0.717) is 17.5 Å². The number of amides is 1. The highest BCUT2D eigenvalue weighted by atomic mass is 16.3. The summed E-state index contributed by atoms with van der Waals surface area (Å²) in [5.41, 5.74) is 7.35. The molecule has 0 spiro atoms. The Hall–Kier alpha value is -3.18. The van der Waals surface area contributed by atoms with Gasteiger partial charge in [-0.15, -0.1) is 0 Å². The van der Waals surface area contributed by atoms with E-state index >= 15 is 0 Å². The zero-order chi connectivity index (χ0) is 23.9. The molecule has 1 saturated carbocycles. The third kappa shape index (κ3) is 6.03. The van der Waals surface area contributed by atoms with Gasteiger partial charge in [0, 0.05) is 24.7 Å². The van der Waals surface area contributed by atoms with Crippen molar-refractivity contribution in [3.05, 3.63) is 30.0 Å². The van der Waals surface area contributed by atoms with Crippen LogP contribution in [0, 0.1) is 36.1 Å². The molecule has 2 heterocycles. The maximum Gasteiger partial charge on any atom is 0.236 e. The lowest BCUT2D eigenvalue weighted by molar-refractivity contribution is -0.133. The van der Waals surface area contributed by atoms with Crippen LogP contribution in [0.2, 0.25) is 0 Å². The lowest BCUT2D eigenvalue weighted by Crippen LogP contribution is -2.40. The molecule has 1 aliphatic carbocycles. The van der Waals surface area contributed by atoms with Gasteiger partial charge in [-0.25, -0.2) is 9.98 Å². The molecule has 34 heavy (non-hydrogen) atoms. The molecule has 1 amide bonds. The highest BCUT2D eigenvalue weighted by Gasteiger charge is 2.29. The number of fused-ring (bicyclic) bond motifs is 1. The van der Waals surface area contributed by atoms with E-state index in [2.05, 4.69) is 15.3 Å². The molecule has 3 N–H and O–H groups in total. The summed E-state index contributed by atoms with van der Waals surface area (Å²) in [7, 11) is 0. The summed E-state index contributed by atoms with van der Waals surface area (Å²) < 4.78 is 5.61. The number of likely N-dealkylation sites (tertiary alicyclic amines) is 1. The Bertz CT molecular complexity index is 1100. The number of aliphatic imine (C=N–C) groups is 2. The number of hydrogen-bond donors (Lipinski definition) is 2. The molecular formula is C26H34N6O2. The molecule has 8 heteroatoms. The monoisotopic (exact) mass is 462 g/mol. The van der Waals surface area contributed by atoms with Gasteiger partial charge in [0.15, 0.2) is 6.19 Å². The topological polar surface area (TPSA) is 120 Å². The van der Waals surface area contributed by atoms with Crippen LogP contribution >= 0.6 is 0 Å². The van der Waals surface area contributed by atoms with Crippen LogP contribution < -0.4 is 11.1 Å². The molecule has 4 rings (SSSR count). The van der Waals surface area contributed by atoms with E-state index in [9.17, 15) is 10.1 Å². The van der Waals surface area contributed by atoms with Gasteiger partial charge < -0.3 is 15.1 Å². The lowest BCUT2D eigenvalue weighted by atomic mass is 9.81. The Kier molecular flexibility index (Phi) is 7.96. The van der Waals surface area contributed by atoms with Crippen LogP contribution in [0.1, 0.15) is 50.7 Å². The van der Waals surface area contributed by atoms with Gasteiger partial charge in [-0.3, -0.25) is 10.1 Å². The van der Waals surface area contributed by atoms with Crippen LogP contribution in [0.4, 0.5) is 5.69 Å². The zero-order valence-electron chi connectivity index (χ0n) is 19.9. The number of aryl methyl sites for hydroxylation is 1. The van der Waals surface area contributed by atoms with E-state index < -0.39 is 0 Å². The number of nitriles is 1.